The summed E-state index contributed by atoms with van der Waals surface area (Å²) in [6.07, 6.45) is 0.833. The fourth-order valence-corrected chi connectivity index (χ4v) is 0.532. The van der Waals surface area contributed by atoms with Crippen LogP contribution in [0.3, 0.4) is 0 Å². The first-order chi connectivity index (χ1) is 4.93. The zero-order valence-electron chi connectivity index (χ0n) is 7.49. The van der Waals surface area contributed by atoms with Gasteiger partial charge in [-0.1, -0.05) is 30.3 Å². The minimum absolute atomic E-state index is 0. The number of carbonyl (C=O) groups is 2. The zero-order valence-corrected chi connectivity index (χ0v) is 8.49. The van der Waals surface area contributed by atoms with Crippen molar-refractivity contribution in [3.05, 3.63) is 35.9 Å². The zero-order chi connectivity index (χ0) is 7.82. The molecule has 0 aliphatic heterocycles. The van der Waals surface area contributed by atoms with Gasteiger partial charge in [0.15, 0.2) is 0 Å². The third-order valence-electron chi connectivity index (χ3n) is 0.936. The van der Waals surface area contributed by atoms with Crippen molar-refractivity contribution in [2.75, 3.05) is 0 Å². The summed E-state index contributed by atoms with van der Waals surface area (Å²) in [4.78, 5) is 18.0. The predicted octanol–water partition coefficient (Wildman–Crippen LogP) is -1.57. The minimum Gasteiger partial charge on any atom is -1.00 e. The van der Waals surface area contributed by atoms with E-state index in [0.717, 1.165) is 11.8 Å². The maximum atomic E-state index is 10.0. The molecule has 0 aliphatic carbocycles. The number of carbonyl (C=O) groups excluding carboxylic acids is 2. The Morgan fingerprint density at radius 2 is 1.64 bits per heavy atom. The van der Waals surface area contributed by atoms with Crippen molar-refractivity contribution in [1.82, 2.24) is 0 Å². The standard InChI is InChI=1S/C7H6O.CH2O.Na.H/c8-6-7-4-2-1-3-5-7;1-2;;/h1-6H;1H2;;/q;;+1;-1. The van der Waals surface area contributed by atoms with E-state index in [1.54, 1.807) is 12.1 Å². The van der Waals surface area contributed by atoms with E-state index in [-0.39, 0.29) is 31.0 Å². The number of rotatable bonds is 1. The van der Waals surface area contributed by atoms with E-state index in [9.17, 15) is 4.79 Å². The fourth-order valence-electron chi connectivity index (χ4n) is 0.532. The molecule has 0 spiro atoms. The van der Waals surface area contributed by atoms with Crippen molar-refractivity contribution in [3.8, 4) is 0 Å². The normalized spacial score (nSPS) is 6.55. The first-order valence-corrected chi connectivity index (χ1v) is 2.72. The molecule has 1 aromatic carbocycles. The van der Waals surface area contributed by atoms with Crippen LogP contribution in [0.4, 0.5) is 0 Å². The number of benzene rings is 1. The van der Waals surface area contributed by atoms with E-state index in [1.165, 1.54) is 0 Å². The van der Waals surface area contributed by atoms with Crippen LogP contribution in [0, 0.1) is 0 Å². The van der Waals surface area contributed by atoms with Crippen molar-refractivity contribution in [3.63, 3.8) is 0 Å². The van der Waals surface area contributed by atoms with Crippen LogP contribution < -0.4 is 29.6 Å². The van der Waals surface area contributed by atoms with Crippen molar-refractivity contribution in [1.29, 1.82) is 0 Å². The van der Waals surface area contributed by atoms with Gasteiger partial charge in [0.2, 0.25) is 0 Å². The third-order valence-corrected chi connectivity index (χ3v) is 0.936. The molecule has 0 aromatic heterocycles. The first kappa shape index (κ1) is 13.2. The second-order valence-electron chi connectivity index (χ2n) is 1.53. The molecular weight excluding hydrogens is 151 g/mol. The molecule has 0 heterocycles. The summed E-state index contributed by atoms with van der Waals surface area (Å²) in [7, 11) is 0. The van der Waals surface area contributed by atoms with Gasteiger partial charge in [0.1, 0.15) is 13.1 Å². The monoisotopic (exact) mass is 160 g/mol. The van der Waals surface area contributed by atoms with Crippen LogP contribution in [-0.2, 0) is 4.79 Å². The van der Waals surface area contributed by atoms with Crippen molar-refractivity contribution < 1.29 is 40.6 Å². The largest absolute Gasteiger partial charge is 1.00 e. The number of aldehydes is 1. The van der Waals surface area contributed by atoms with Crippen molar-refractivity contribution in [2.24, 2.45) is 0 Å². The van der Waals surface area contributed by atoms with E-state index in [1.807, 2.05) is 25.0 Å². The van der Waals surface area contributed by atoms with Gasteiger partial charge in [-0.15, -0.1) is 0 Å². The molecule has 0 aliphatic rings. The molecule has 0 fully saturated rings. The van der Waals surface area contributed by atoms with Crippen molar-refractivity contribution in [2.45, 2.75) is 0 Å². The summed E-state index contributed by atoms with van der Waals surface area (Å²) in [6, 6.07) is 9.10. The predicted molar refractivity (Wildman–Crippen MR) is 40.1 cm³/mol. The Labute approximate surface area is 89.4 Å². The molecule has 0 unspecified atom stereocenters. The Morgan fingerprint density at radius 1 is 1.18 bits per heavy atom. The molecule has 0 amide bonds. The smallest absolute Gasteiger partial charge is 1.00 e. The Balaban J connectivity index is -0.000000189. The van der Waals surface area contributed by atoms with Gasteiger partial charge >= 0.3 is 29.6 Å². The number of hydrogen-bond acceptors (Lipinski definition) is 2. The number of hydrogen-bond donors (Lipinski definition) is 0. The SMILES string of the molecule is C=O.O=Cc1ccccc1.[H-].[Na+]. The summed E-state index contributed by atoms with van der Waals surface area (Å²) in [6.45, 7) is 2.00. The van der Waals surface area contributed by atoms with Crippen LogP contribution in [-0.4, -0.2) is 13.1 Å². The van der Waals surface area contributed by atoms with E-state index < -0.39 is 0 Å². The molecule has 3 heteroatoms. The molecule has 11 heavy (non-hydrogen) atoms. The van der Waals surface area contributed by atoms with Gasteiger partial charge in [0.05, 0.1) is 0 Å². The van der Waals surface area contributed by atoms with Crippen LogP contribution in [0.2, 0.25) is 0 Å². The fraction of sp³-hybridized carbons (Fsp3) is 0. The molecule has 0 atom stereocenters. The quantitative estimate of drug-likeness (QED) is 0.367. The average molecular weight is 160 g/mol. The summed E-state index contributed by atoms with van der Waals surface area (Å²) in [5.41, 5.74) is 0.729. The van der Waals surface area contributed by atoms with E-state index in [0.29, 0.717) is 0 Å². The Hall–Kier alpha value is -0.440. The van der Waals surface area contributed by atoms with Gasteiger partial charge in [0.25, 0.3) is 0 Å². The van der Waals surface area contributed by atoms with Gasteiger partial charge < -0.3 is 6.22 Å². The first-order valence-electron chi connectivity index (χ1n) is 2.72. The molecule has 0 N–H and O–H groups in total. The molecule has 0 saturated heterocycles. The van der Waals surface area contributed by atoms with Crippen LogP contribution >= 0.6 is 0 Å². The third kappa shape index (κ3) is 5.98. The van der Waals surface area contributed by atoms with E-state index >= 15 is 0 Å². The Bertz CT molecular complexity index is 192. The van der Waals surface area contributed by atoms with E-state index in [4.69, 9.17) is 4.79 Å². The summed E-state index contributed by atoms with van der Waals surface area (Å²) >= 11 is 0. The Kier molecular flexibility index (Phi) is 11.4. The van der Waals surface area contributed by atoms with Crippen molar-refractivity contribution >= 4 is 13.1 Å². The van der Waals surface area contributed by atoms with Gasteiger partial charge in [-0.05, 0) is 0 Å². The van der Waals surface area contributed by atoms with Gasteiger partial charge in [-0.2, -0.15) is 0 Å². The van der Waals surface area contributed by atoms with E-state index in [2.05, 4.69) is 0 Å². The molecular formula is C8H9NaO2. The molecule has 0 bridgehead atoms. The Morgan fingerprint density at radius 3 is 1.91 bits per heavy atom. The maximum absolute atomic E-state index is 10.0. The van der Waals surface area contributed by atoms with Crippen LogP contribution in [0.15, 0.2) is 30.3 Å². The molecule has 1 rings (SSSR count). The average Bonchev–Trinajstić information content (AvgIpc) is 2.10. The molecule has 2 nitrogen and oxygen atoms in total. The molecule has 0 radical (unpaired) electrons. The molecule has 0 saturated carbocycles. The topological polar surface area (TPSA) is 34.1 Å². The maximum Gasteiger partial charge on any atom is 1.00 e. The minimum atomic E-state index is 0. The van der Waals surface area contributed by atoms with Crippen LogP contribution in [0.25, 0.3) is 0 Å². The summed E-state index contributed by atoms with van der Waals surface area (Å²) in [5, 5.41) is 0. The molecule has 1 aromatic rings. The van der Waals surface area contributed by atoms with Crippen LogP contribution in [0.1, 0.15) is 11.8 Å². The van der Waals surface area contributed by atoms with Gasteiger partial charge in [-0.3, -0.25) is 4.79 Å². The summed E-state index contributed by atoms with van der Waals surface area (Å²) in [5.74, 6) is 0. The molecule has 54 valence electrons. The summed E-state index contributed by atoms with van der Waals surface area (Å²) < 4.78 is 0. The second-order valence-corrected chi connectivity index (χ2v) is 1.53. The second kappa shape index (κ2) is 9.56. The van der Waals surface area contributed by atoms with Gasteiger partial charge in [0, 0.05) is 5.56 Å². The van der Waals surface area contributed by atoms with Gasteiger partial charge in [-0.25, -0.2) is 0 Å². The van der Waals surface area contributed by atoms with Crippen LogP contribution in [0.5, 0.6) is 0 Å².